The van der Waals surface area contributed by atoms with Crippen molar-refractivity contribution in [3.8, 4) is 0 Å². The number of fused-ring (bicyclic) bond motifs is 1. The van der Waals surface area contributed by atoms with E-state index in [1.54, 1.807) is 22.0 Å². The van der Waals surface area contributed by atoms with Crippen LogP contribution in [-0.2, 0) is 23.9 Å². The molecular formula is C35H51N3O6. The number of ether oxygens (including phenoxy) is 2. The van der Waals surface area contributed by atoms with Crippen molar-refractivity contribution in [2.24, 2.45) is 11.8 Å². The van der Waals surface area contributed by atoms with E-state index >= 15 is 0 Å². The number of esters is 1. The molecule has 242 valence electrons. The lowest BCUT2D eigenvalue weighted by Crippen LogP contribution is -2.56. The highest BCUT2D eigenvalue weighted by Crippen LogP contribution is 2.64. The molecule has 3 saturated heterocycles. The molecular weight excluding hydrogens is 558 g/mol. The molecule has 9 heteroatoms. The Hall–Kier alpha value is -3.17. The van der Waals surface area contributed by atoms with Crippen LogP contribution in [0, 0.1) is 11.8 Å². The van der Waals surface area contributed by atoms with Crippen molar-refractivity contribution in [2.75, 3.05) is 49.2 Å². The smallest absolute Gasteiger partial charge is 0.312 e. The molecule has 9 nitrogen and oxygen atoms in total. The summed E-state index contributed by atoms with van der Waals surface area (Å²) in [6.07, 6.45) is 8.60. The molecule has 3 aliphatic heterocycles. The van der Waals surface area contributed by atoms with Crippen LogP contribution in [0.3, 0.4) is 0 Å². The standard InChI is InChI=1S/C35H51N3O6/c1-6-11-25-43-33(42)29-28-31(40)38(23-14-12-13-15-24-39)30(35(28)21-20-34(29,8-3)44-35)32(41)37(22-7-2)27-18-16-26(17-19-27)36(9-4)10-5/h6-7,16-19,28-30,39H,1-2,8-15,20-25H2,3-5H3/t28-,29-,30?,34+,35?/m0/s1. The Morgan fingerprint density at radius 2 is 1.73 bits per heavy atom. The average molecular weight is 610 g/mol. The largest absolute Gasteiger partial charge is 0.465 e. The summed E-state index contributed by atoms with van der Waals surface area (Å²) in [5, 5.41) is 9.22. The molecule has 5 atom stereocenters. The fourth-order valence-corrected chi connectivity index (χ4v) is 7.71. The van der Waals surface area contributed by atoms with E-state index < -0.39 is 35.0 Å². The Morgan fingerprint density at radius 3 is 2.34 bits per heavy atom. The van der Waals surface area contributed by atoms with Crippen molar-refractivity contribution in [3.05, 3.63) is 49.6 Å². The third-order valence-corrected chi connectivity index (χ3v) is 9.91. The highest BCUT2D eigenvalue weighted by molar-refractivity contribution is 6.05. The van der Waals surface area contributed by atoms with Gasteiger partial charge in [0.05, 0.1) is 18.1 Å². The number of aliphatic hydroxyl groups excluding tert-OH is 1. The van der Waals surface area contributed by atoms with E-state index in [9.17, 15) is 19.5 Å². The van der Waals surface area contributed by atoms with Gasteiger partial charge in [-0.25, -0.2) is 0 Å². The van der Waals surface area contributed by atoms with E-state index in [1.165, 1.54) is 0 Å². The summed E-state index contributed by atoms with van der Waals surface area (Å²) in [5.74, 6) is -2.41. The van der Waals surface area contributed by atoms with E-state index in [-0.39, 0.29) is 31.6 Å². The number of hydrogen-bond donors (Lipinski definition) is 1. The molecule has 3 aliphatic rings. The summed E-state index contributed by atoms with van der Waals surface area (Å²) in [7, 11) is 0. The van der Waals surface area contributed by atoms with E-state index in [2.05, 4.69) is 31.9 Å². The van der Waals surface area contributed by atoms with E-state index in [0.717, 1.165) is 37.3 Å². The highest BCUT2D eigenvalue weighted by Gasteiger charge is 2.79. The predicted octanol–water partition coefficient (Wildman–Crippen LogP) is 4.88. The second kappa shape index (κ2) is 14.7. The summed E-state index contributed by atoms with van der Waals surface area (Å²) in [4.78, 5) is 48.4. The molecule has 1 aromatic rings. The molecule has 0 aliphatic carbocycles. The lowest BCUT2D eigenvalue weighted by atomic mass is 9.65. The molecule has 2 amide bonds. The third-order valence-electron chi connectivity index (χ3n) is 9.91. The van der Waals surface area contributed by atoms with Gasteiger partial charge in [0.25, 0.3) is 5.91 Å². The van der Waals surface area contributed by atoms with Gasteiger partial charge in [0, 0.05) is 44.2 Å². The maximum absolute atomic E-state index is 14.8. The zero-order valence-electron chi connectivity index (χ0n) is 26.8. The number of carbonyl (C=O) groups is 3. The number of aliphatic hydroxyl groups is 1. The number of anilines is 2. The van der Waals surface area contributed by atoms with Gasteiger partial charge in [0.1, 0.15) is 17.6 Å². The molecule has 0 saturated carbocycles. The molecule has 3 fully saturated rings. The van der Waals surface area contributed by atoms with E-state index in [1.807, 2.05) is 31.2 Å². The SMILES string of the molecule is C=CCCOC(=O)[C@@H]1[C@H]2C(=O)N(CCCCCCO)C(C(=O)N(CC=C)c3ccc(N(CC)CC)cc3)C23CC[C@@]1(CC)O3. The molecule has 1 aromatic carbocycles. The van der Waals surface area contributed by atoms with E-state index in [0.29, 0.717) is 45.1 Å². The molecule has 4 rings (SSSR count). The molecule has 44 heavy (non-hydrogen) atoms. The first-order chi connectivity index (χ1) is 21.3. The van der Waals surface area contributed by atoms with Crippen molar-refractivity contribution in [1.82, 2.24) is 4.90 Å². The van der Waals surface area contributed by atoms with E-state index in [4.69, 9.17) is 9.47 Å². The number of likely N-dealkylation sites (tertiary alicyclic amines) is 1. The van der Waals surface area contributed by atoms with Gasteiger partial charge in [0.15, 0.2) is 0 Å². The fourth-order valence-electron chi connectivity index (χ4n) is 7.71. The van der Waals surface area contributed by atoms with Gasteiger partial charge >= 0.3 is 5.97 Å². The number of unbranched alkanes of at least 4 members (excludes halogenated alkanes) is 3. The van der Waals surface area contributed by atoms with Crippen LogP contribution in [-0.4, -0.2) is 84.4 Å². The Labute approximate surface area is 262 Å². The monoisotopic (exact) mass is 609 g/mol. The average Bonchev–Trinajstić information content (AvgIpc) is 3.64. The number of benzene rings is 1. The van der Waals surface area contributed by atoms with Crippen LogP contribution in [0.4, 0.5) is 11.4 Å². The molecule has 3 heterocycles. The topological polar surface area (TPSA) is 99.6 Å². The van der Waals surface area contributed by atoms with Gasteiger partial charge in [-0.15, -0.1) is 13.2 Å². The summed E-state index contributed by atoms with van der Waals surface area (Å²) in [6.45, 7) is 16.5. The quantitative estimate of drug-likeness (QED) is 0.144. The molecule has 1 N–H and O–H groups in total. The van der Waals surface area contributed by atoms with Gasteiger partial charge in [-0.2, -0.15) is 0 Å². The predicted molar refractivity (Wildman–Crippen MR) is 172 cm³/mol. The summed E-state index contributed by atoms with van der Waals surface area (Å²) < 4.78 is 12.5. The molecule has 2 bridgehead atoms. The Balaban J connectivity index is 1.72. The normalized spacial score (nSPS) is 26.9. The number of amides is 2. The number of nitrogens with zero attached hydrogens (tertiary/aromatic N) is 3. The first kappa shape index (κ1) is 33.7. The maximum atomic E-state index is 14.8. The minimum absolute atomic E-state index is 0.126. The summed E-state index contributed by atoms with van der Waals surface area (Å²) in [5.41, 5.74) is -0.159. The zero-order chi connectivity index (χ0) is 31.9. The second-order valence-corrected chi connectivity index (χ2v) is 12.2. The Kier molecular flexibility index (Phi) is 11.3. The first-order valence-electron chi connectivity index (χ1n) is 16.4. The second-order valence-electron chi connectivity index (χ2n) is 12.2. The number of rotatable bonds is 18. The van der Waals surface area contributed by atoms with Gasteiger partial charge in [-0.1, -0.05) is 31.9 Å². The molecule has 0 radical (unpaired) electrons. The van der Waals surface area contributed by atoms with Crippen LogP contribution >= 0.6 is 0 Å². The fraction of sp³-hybridized carbons (Fsp3) is 0.629. The zero-order valence-corrected chi connectivity index (χ0v) is 26.8. The minimum Gasteiger partial charge on any atom is -0.465 e. The van der Waals surface area contributed by atoms with Gasteiger partial charge in [-0.3, -0.25) is 14.4 Å². The van der Waals surface area contributed by atoms with Crippen molar-refractivity contribution in [2.45, 2.75) is 89.4 Å². The third kappa shape index (κ3) is 6.05. The van der Waals surface area contributed by atoms with Gasteiger partial charge in [0.2, 0.25) is 5.91 Å². The van der Waals surface area contributed by atoms with Crippen LogP contribution in [0.25, 0.3) is 0 Å². The molecule has 2 unspecified atom stereocenters. The molecule has 1 spiro atoms. The van der Waals surface area contributed by atoms with Crippen molar-refractivity contribution < 1.29 is 29.0 Å². The van der Waals surface area contributed by atoms with Crippen molar-refractivity contribution >= 4 is 29.2 Å². The van der Waals surface area contributed by atoms with Gasteiger partial charge < -0.3 is 29.3 Å². The minimum atomic E-state index is -1.11. The van der Waals surface area contributed by atoms with Crippen LogP contribution in [0.1, 0.15) is 72.1 Å². The van der Waals surface area contributed by atoms with Crippen LogP contribution in [0.15, 0.2) is 49.6 Å². The first-order valence-corrected chi connectivity index (χ1v) is 16.4. The van der Waals surface area contributed by atoms with Crippen LogP contribution in [0.5, 0.6) is 0 Å². The summed E-state index contributed by atoms with van der Waals surface area (Å²) >= 11 is 0. The molecule has 0 aromatic heterocycles. The maximum Gasteiger partial charge on any atom is 0.312 e. The number of carbonyl (C=O) groups excluding carboxylic acids is 3. The van der Waals surface area contributed by atoms with Crippen molar-refractivity contribution in [1.29, 1.82) is 0 Å². The Morgan fingerprint density at radius 1 is 1.05 bits per heavy atom. The van der Waals surface area contributed by atoms with Crippen LogP contribution in [0.2, 0.25) is 0 Å². The summed E-state index contributed by atoms with van der Waals surface area (Å²) in [6, 6.07) is 7.05. The van der Waals surface area contributed by atoms with Crippen LogP contribution < -0.4 is 9.80 Å². The number of hydrogen-bond acceptors (Lipinski definition) is 7. The Bertz CT molecular complexity index is 1180. The van der Waals surface area contributed by atoms with Crippen molar-refractivity contribution in [3.63, 3.8) is 0 Å². The highest BCUT2D eigenvalue weighted by atomic mass is 16.6. The lowest BCUT2D eigenvalue weighted by Gasteiger charge is -2.37. The lowest BCUT2D eigenvalue weighted by molar-refractivity contribution is -0.160. The van der Waals surface area contributed by atoms with Gasteiger partial charge in [-0.05, 0) is 76.6 Å².